The van der Waals surface area contributed by atoms with Gasteiger partial charge in [0.2, 0.25) is 0 Å². The predicted octanol–water partition coefficient (Wildman–Crippen LogP) is 18.0. The van der Waals surface area contributed by atoms with E-state index in [0.717, 1.165) is 51.4 Å². The molecular weight excluding hydrogens is 882 g/mol. The van der Waals surface area contributed by atoms with Crippen molar-refractivity contribution in [2.45, 2.75) is 283 Å². The summed E-state index contributed by atoms with van der Waals surface area (Å²) in [6.45, 7) is 4.44. The van der Waals surface area contributed by atoms with E-state index >= 15 is 0 Å². The minimum absolute atomic E-state index is 0.0310. The first-order chi connectivity index (χ1) is 33.5. The molecule has 1 N–H and O–H groups in total. The molecular formula is C59H113NO8P+. The first kappa shape index (κ1) is 67.2. The fourth-order valence-corrected chi connectivity index (χ4v) is 9.08. The van der Waals surface area contributed by atoms with Crippen LogP contribution in [-0.2, 0) is 32.7 Å². The number of likely N-dealkylation sites (N-methyl/N-ethyl adjacent to an activating group) is 1. The molecule has 0 aromatic carbocycles. The second-order valence-electron chi connectivity index (χ2n) is 21.0. The Labute approximate surface area is 427 Å². The van der Waals surface area contributed by atoms with Crippen molar-refractivity contribution in [3.8, 4) is 0 Å². The summed E-state index contributed by atoms with van der Waals surface area (Å²) in [5, 5.41) is 0. The van der Waals surface area contributed by atoms with E-state index in [0.29, 0.717) is 17.4 Å². The van der Waals surface area contributed by atoms with Crippen LogP contribution in [0, 0.1) is 0 Å². The monoisotopic (exact) mass is 995 g/mol. The minimum Gasteiger partial charge on any atom is -0.462 e. The van der Waals surface area contributed by atoms with Crippen LogP contribution in [0.15, 0.2) is 36.5 Å². The molecule has 0 aromatic rings. The summed E-state index contributed by atoms with van der Waals surface area (Å²) in [7, 11) is 1.48. The maximum Gasteiger partial charge on any atom is 0.472 e. The Bertz CT molecular complexity index is 1260. The number of allylic oxidation sites excluding steroid dienone is 6. The third-order valence-electron chi connectivity index (χ3n) is 12.9. The lowest BCUT2D eigenvalue weighted by Crippen LogP contribution is -2.37. The van der Waals surface area contributed by atoms with Gasteiger partial charge in [0, 0.05) is 12.8 Å². The number of unbranched alkanes of at least 4 members (excludes halogenated alkanes) is 34. The van der Waals surface area contributed by atoms with Crippen molar-refractivity contribution >= 4 is 19.8 Å². The molecule has 2 unspecified atom stereocenters. The van der Waals surface area contributed by atoms with Crippen LogP contribution in [0.5, 0.6) is 0 Å². The maximum atomic E-state index is 12.8. The molecule has 0 amide bonds. The zero-order chi connectivity index (χ0) is 50.6. The van der Waals surface area contributed by atoms with Gasteiger partial charge >= 0.3 is 19.8 Å². The number of rotatable bonds is 54. The lowest BCUT2D eigenvalue weighted by atomic mass is 10.0. The molecule has 2 atom stereocenters. The Hall–Kier alpha value is -1.77. The van der Waals surface area contributed by atoms with E-state index in [1.807, 2.05) is 21.1 Å². The standard InChI is InChI=1S/C59H112NO8P/c1-6-8-10-12-14-16-18-20-22-24-26-27-28-29-30-31-32-33-34-36-37-39-41-43-45-47-49-51-58(61)65-55-57(56-67-69(63,64)66-54-53-60(3,4)5)68-59(62)52-50-48-46-44-42-40-38-35-25-23-21-19-17-15-13-11-9-7-2/h17,19,23-26,57H,6-16,18,20-22,27-56H2,1-5H3/p+1/b19-17-,25-23-,26-24-. The summed E-state index contributed by atoms with van der Waals surface area (Å²) >= 11 is 0. The van der Waals surface area contributed by atoms with Crippen molar-refractivity contribution in [1.29, 1.82) is 0 Å². The second kappa shape index (κ2) is 51.1. The van der Waals surface area contributed by atoms with Crippen molar-refractivity contribution in [3.63, 3.8) is 0 Å². The highest BCUT2D eigenvalue weighted by atomic mass is 31.2. The average molecular weight is 996 g/mol. The van der Waals surface area contributed by atoms with E-state index < -0.39 is 26.5 Å². The van der Waals surface area contributed by atoms with Crippen LogP contribution in [0.4, 0.5) is 0 Å². The fourth-order valence-electron chi connectivity index (χ4n) is 8.34. The quantitative estimate of drug-likeness (QED) is 0.0211. The zero-order valence-electron chi connectivity index (χ0n) is 46.1. The minimum atomic E-state index is -4.38. The van der Waals surface area contributed by atoms with Crippen LogP contribution in [0.3, 0.4) is 0 Å². The number of phosphoric ester groups is 1. The van der Waals surface area contributed by atoms with E-state index in [2.05, 4.69) is 50.3 Å². The highest BCUT2D eigenvalue weighted by Gasteiger charge is 2.27. The van der Waals surface area contributed by atoms with Crippen LogP contribution >= 0.6 is 7.82 Å². The summed E-state index contributed by atoms with van der Waals surface area (Å²) in [6.07, 6.45) is 62.1. The molecule has 0 aromatic heterocycles. The van der Waals surface area contributed by atoms with E-state index in [1.54, 1.807) is 0 Å². The van der Waals surface area contributed by atoms with Gasteiger partial charge in [-0.05, 0) is 70.6 Å². The third kappa shape index (κ3) is 55.4. The van der Waals surface area contributed by atoms with Crippen molar-refractivity contribution in [2.24, 2.45) is 0 Å². The molecule has 10 heteroatoms. The maximum absolute atomic E-state index is 12.8. The summed E-state index contributed by atoms with van der Waals surface area (Å²) < 4.78 is 34.6. The molecule has 0 saturated heterocycles. The lowest BCUT2D eigenvalue weighted by Gasteiger charge is -2.24. The molecule has 0 saturated carbocycles. The number of carbonyl (C=O) groups excluding carboxylic acids is 2. The molecule has 0 aliphatic carbocycles. The number of ether oxygens (including phenoxy) is 2. The Morgan fingerprint density at radius 3 is 1.17 bits per heavy atom. The smallest absolute Gasteiger partial charge is 0.462 e. The highest BCUT2D eigenvalue weighted by molar-refractivity contribution is 7.47. The lowest BCUT2D eigenvalue weighted by molar-refractivity contribution is -0.870. The van der Waals surface area contributed by atoms with Gasteiger partial charge in [0.25, 0.3) is 0 Å². The topological polar surface area (TPSA) is 108 Å². The van der Waals surface area contributed by atoms with Gasteiger partial charge in [0.15, 0.2) is 6.10 Å². The average Bonchev–Trinajstić information content (AvgIpc) is 3.31. The van der Waals surface area contributed by atoms with Crippen LogP contribution in [0.1, 0.15) is 277 Å². The third-order valence-corrected chi connectivity index (χ3v) is 13.9. The molecule has 0 heterocycles. The number of hydrogen-bond donors (Lipinski definition) is 1. The van der Waals surface area contributed by atoms with Crippen molar-refractivity contribution in [2.75, 3.05) is 47.5 Å². The molecule has 0 fully saturated rings. The molecule has 0 aliphatic rings. The van der Waals surface area contributed by atoms with Gasteiger partial charge in [-0.2, -0.15) is 0 Å². The SMILES string of the molecule is CCCCCC/C=C\C/C=C\CCCCCCCCCC(=O)OC(COC(=O)CCCCCCCCCCCCCCCCC/C=C\CCCCCCCCCC)COP(=O)(O)OCC[N+](C)(C)C. The van der Waals surface area contributed by atoms with Gasteiger partial charge < -0.3 is 18.9 Å². The van der Waals surface area contributed by atoms with Crippen LogP contribution < -0.4 is 0 Å². The Kier molecular flexibility index (Phi) is 49.8. The Morgan fingerprint density at radius 2 is 0.783 bits per heavy atom. The molecule has 9 nitrogen and oxygen atoms in total. The number of carbonyl (C=O) groups is 2. The molecule has 406 valence electrons. The van der Waals surface area contributed by atoms with Crippen molar-refractivity contribution in [1.82, 2.24) is 0 Å². The van der Waals surface area contributed by atoms with Crippen LogP contribution in [-0.4, -0.2) is 74.9 Å². The second-order valence-corrected chi connectivity index (χ2v) is 22.5. The summed E-state index contributed by atoms with van der Waals surface area (Å²) in [5.74, 6) is -0.795. The van der Waals surface area contributed by atoms with Crippen molar-refractivity contribution in [3.05, 3.63) is 36.5 Å². The van der Waals surface area contributed by atoms with E-state index in [4.69, 9.17) is 18.5 Å². The molecule has 69 heavy (non-hydrogen) atoms. The van der Waals surface area contributed by atoms with Gasteiger partial charge in [-0.3, -0.25) is 18.6 Å². The van der Waals surface area contributed by atoms with Crippen LogP contribution in [0.2, 0.25) is 0 Å². The summed E-state index contributed by atoms with van der Waals surface area (Å²) in [6, 6.07) is 0. The molecule has 0 bridgehead atoms. The first-order valence-corrected chi connectivity index (χ1v) is 30.7. The summed E-state index contributed by atoms with van der Waals surface area (Å²) in [4.78, 5) is 35.7. The van der Waals surface area contributed by atoms with Gasteiger partial charge in [-0.25, -0.2) is 4.57 Å². The van der Waals surface area contributed by atoms with Gasteiger partial charge in [-0.1, -0.05) is 230 Å². The Balaban J connectivity index is 4.11. The van der Waals surface area contributed by atoms with Gasteiger partial charge in [-0.15, -0.1) is 0 Å². The van der Waals surface area contributed by atoms with Gasteiger partial charge in [0.1, 0.15) is 19.8 Å². The first-order valence-electron chi connectivity index (χ1n) is 29.2. The Morgan fingerprint density at radius 1 is 0.449 bits per heavy atom. The molecule has 0 aliphatic heterocycles. The summed E-state index contributed by atoms with van der Waals surface area (Å²) in [5.41, 5.74) is 0. The van der Waals surface area contributed by atoms with E-state index in [9.17, 15) is 19.0 Å². The normalized spacial score (nSPS) is 13.5. The number of esters is 2. The number of quaternary nitrogens is 1. The number of phosphoric acid groups is 1. The fraction of sp³-hybridized carbons (Fsp3) is 0.864. The number of nitrogens with zero attached hydrogens (tertiary/aromatic N) is 1. The number of hydrogen-bond acceptors (Lipinski definition) is 7. The largest absolute Gasteiger partial charge is 0.472 e. The molecule has 0 rings (SSSR count). The van der Waals surface area contributed by atoms with Crippen molar-refractivity contribution < 1.29 is 42.1 Å². The van der Waals surface area contributed by atoms with E-state index in [1.165, 1.54) is 193 Å². The van der Waals surface area contributed by atoms with E-state index in [-0.39, 0.29) is 32.0 Å². The van der Waals surface area contributed by atoms with Crippen LogP contribution in [0.25, 0.3) is 0 Å². The molecule has 0 radical (unpaired) electrons. The van der Waals surface area contributed by atoms with Gasteiger partial charge in [0.05, 0.1) is 27.7 Å². The zero-order valence-corrected chi connectivity index (χ0v) is 47.0. The highest BCUT2D eigenvalue weighted by Crippen LogP contribution is 2.43. The predicted molar refractivity (Wildman–Crippen MR) is 294 cm³/mol. The molecule has 0 spiro atoms.